The predicted octanol–water partition coefficient (Wildman–Crippen LogP) is 7.70. The zero-order valence-corrected chi connectivity index (χ0v) is 22.4. The highest BCUT2D eigenvalue weighted by Gasteiger charge is 2.41. The molecule has 35 heavy (non-hydrogen) atoms. The average Bonchev–Trinajstić information content (AvgIpc) is 2.87. The maximum absolute atomic E-state index is 6.69. The van der Waals surface area contributed by atoms with Crippen LogP contribution in [0.25, 0.3) is 11.1 Å². The minimum Gasteiger partial charge on any atom is -0.487 e. The average molecular weight is 487 g/mol. The summed E-state index contributed by atoms with van der Waals surface area (Å²) < 4.78 is 6.69. The van der Waals surface area contributed by atoms with Crippen LogP contribution in [-0.4, -0.2) is 34.1 Å². The van der Waals surface area contributed by atoms with E-state index in [0.29, 0.717) is 5.25 Å². The maximum Gasteiger partial charge on any atom is 0.123 e. The van der Waals surface area contributed by atoms with Gasteiger partial charge in [0.15, 0.2) is 0 Å². The van der Waals surface area contributed by atoms with E-state index in [2.05, 4.69) is 92.2 Å². The van der Waals surface area contributed by atoms with Gasteiger partial charge in [-0.15, -0.1) is 11.8 Å². The van der Waals surface area contributed by atoms with Crippen LogP contribution >= 0.6 is 11.8 Å². The van der Waals surface area contributed by atoms with Crippen molar-refractivity contribution >= 4 is 11.8 Å². The molecule has 2 aromatic carbocycles. The van der Waals surface area contributed by atoms with Gasteiger partial charge in [0, 0.05) is 35.8 Å². The number of hydrogen-bond acceptors (Lipinski definition) is 4. The molecule has 0 bridgehead atoms. The van der Waals surface area contributed by atoms with Gasteiger partial charge < -0.3 is 4.74 Å². The van der Waals surface area contributed by atoms with Crippen LogP contribution in [0.4, 0.5) is 0 Å². The number of rotatable bonds is 5. The Balaban J connectivity index is 1.21. The lowest BCUT2D eigenvalue weighted by atomic mass is 9.81. The first kappa shape index (κ1) is 24.4. The SMILES string of the molecule is CC(SCc1ccc(-c2ccc3c(c2)CCC2(CCN(C(C)(C)C)CC2)O3)cc1)c1ccccn1. The van der Waals surface area contributed by atoms with Crippen molar-refractivity contribution < 1.29 is 4.74 Å². The van der Waals surface area contributed by atoms with Crippen LogP contribution in [0, 0.1) is 0 Å². The minimum atomic E-state index is 0.0298. The molecule has 1 spiro atoms. The van der Waals surface area contributed by atoms with Crippen molar-refractivity contribution in [2.45, 2.75) is 75.5 Å². The minimum absolute atomic E-state index is 0.0298. The van der Waals surface area contributed by atoms with Crippen LogP contribution in [0.15, 0.2) is 66.9 Å². The second kappa shape index (κ2) is 9.99. The first-order valence-electron chi connectivity index (χ1n) is 13.0. The fourth-order valence-electron chi connectivity index (χ4n) is 5.35. The summed E-state index contributed by atoms with van der Waals surface area (Å²) in [5.74, 6) is 2.09. The van der Waals surface area contributed by atoms with Crippen molar-refractivity contribution in [1.29, 1.82) is 0 Å². The Labute approximate surface area is 215 Å². The highest BCUT2D eigenvalue weighted by molar-refractivity contribution is 7.98. The quantitative estimate of drug-likeness (QED) is 0.369. The Morgan fingerprint density at radius 1 is 0.971 bits per heavy atom. The van der Waals surface area contributed by atoms with Gasteiger partial charge in [-0.25, -0.2) is 0 Å². The molecule has 0 aliphatic carbocycles. The molecule has 0 amide bonds. The first-order valence-corrected chi connectivity index (χ1v) is 14.1. The third-order valence-corrected chi connectivity index (χ3v) is 8.99. The molecule has 184 valence electrons. The van der Waals surface area contributed by atoms with Gasteiger partial charge in [-0.2, -0.15) is 0 Å². The molecule has 1 fully saturated rings. The summed E-state index contributed by atoms with van der Waals surface area (Å²) in [5.41, 5.74) is 6.69. The number of hydrogen-bond donors (Lipinski definition) is 0. The van der Waals surface area contributed by atoms with Gasteiger partial charge in [0.25, 0.3) is 0 Å². The van der Waals surface area contributed by atoms with Crippen LogP contribution in [0.1, 0.15) is 69.0 Å². The molecule has 0 radical (unpaired) electrons. The normalized spacial score (nSPS) is 18.6. The van der Waals surface area contributed by atoms with Gasteiger partial charge in [-0.05, 0) is 99.9 Å². The van der Waals surface area contributed by atoms with Crippen molar-refractivity contribution in [2.24, 2.45) is 0 Å². The molecule has 1 aromatic heterocycles. The van der Waals surface area contributed by atoms with Crippen LogP contribution in [0.2, 0.25) is 0 Å². The molecule has 2 aliphatic heterocycles. The number of aryl methyl sites for hydroxylation is 1. The van der Waals surface area contributed by atoms with Crippen molar-refractivity contribution in [3.05, 3.63) is 83.7 Å². The largest absolute Gasteiger partial charge is 0.487 e. The number of aromatic nitrogens is 1. The topological polar surface area (TPSA) is 25.4 Å². The smallest absolute Gasteiger partial charge is 0.123 e. The summed E-state index contributed by atoms with van der Waals surface area (Å²) in [6, 6.07) is 22.0. The summed E-state index contributed by atoms with van der Waals surface area (Å²) in [7, 11) is 0. The van der Waals surface area contributed by atoms with E-state index in [1.54, 1.807) is 0 Å². The summed E-state index contributed by atoms with van der Waals surface area (Å²) in [4.78, 5) is 7.09. The Hall–Kier alpha value is -2.30. The van der Waals surface area contributed by atoms with Crippen LogP contribution in [-0.2, 0) is 12.2 Å². The lowest BCUT2D eigenvalue weighted by Gasteiger charge is -2.48. The molecule has 1 unspecified atom stereocenters. The molecule has 1 saturated heterocycles. The van der Waals surface area contributed by atoms with E-state index < -0.39 is 0 Å². The van der Waals surface area contributed by atoms with Gasteiger partial charge in [-0.3, -0.25) is 9.88 Å². The summed E-state index contributed by atoms with van der Waals surface area (Å²) in [6.45, 7) is 11.4. The molecule has 1 atom stereocenters. The molecule has 2 aliphatic rings. The molecule has 0 N–H and O–H groups in total. The molecular formula is C31H38N2OS. The van der Waals surface area contributed by atoms with E-state index in [1.807, 2.05) is 24.0 Å². The second-order valence-electron chi connectivity index (χ2n) is 11.2. The molecular weight excluding hydrogens is 448 g/mol. The number of fused-ring (bicyclic) bond motifs is 1. The van der Waals surface area contributed by atoms with Gasteiger partial charge in [0.05, 0.1) is 5.69 Å². The Kier molecular flexibility index (Phi) is 6.96. The number of thioether (sulfide) groups is 1. The first-order chi connectivity index (χ1) is 16.8. The highest BCUT2D eigenvalue weighted by Crippen LogP contribution is 2.41. The van der Waals surface area contributed by atoms with E-state index in [4.69, 9.17) is 4.74 Å². The Morgan fingerprint density at radius 3 is 2.40 bits per heavy atom. The predicted molar refractivity (Wildman–Crippen MR) is 148 cm³/mol. The number of likely N-dealkylation sites (tertiary alicyclic amines) is 1. The van der Waals surface area contributed by atoms with E-state index >= 15 is 0 Å². The molecule has 3 aromatic rings. The van der Waals surface area contributed by atoms with E-state index in [0.717, 1.165) is 56.0 Å². The fourth-order valence-corrected chi connectivity index (χ4v) is 6.30. The van der Waals surface area contributed by atoms with Crippen molar-refractivity contribution in [3.8, 4) is 16.9 Å². The lowest BCUT2D eigenvalue weighted by molar-refractivity contribution is -0.0355. The van der Waals surface area contributed by atoms with Gasteiger partial charge in [0.1, 0.15) is 11.4 Å². The standard InChI is InChI=1S/C31H38N2OS/c1-23(28-7-5-6-18-32-28)35-22-24-8-10-25(11-9-24)26-12-13-29-27(21-26)14-15-31(34-29)16-19-33(20-17-31)30(2,3)4/h5-13,18,21,23H,14-17,19-20,22H2,1-4H3. The van der Waals surface area contributed by atoms with Crippen molar-refractivity contribution in [1.82, 2.24) is 9.88 Å². The molecule has 5 rings (SSSR count). The van der Waals surface area contributed by atoms with Gasteiger partial charge in [0.2, 0.25) is 0 Å². The number of piperidine rings is 1. The van der Waals surface area contributed by atoms with Crippen LogP contribution < -0.4 is 4.74 Å². The van der Waals surface area contributed by atoms with E-state index in [1.165, 1.54) is 22.3 Å². The Bertz CT molecular complexity index is 1130. The summed E-state index contributed by atoms with van der Waals surface area (Å²) >= 11 is 1.93. The van der Waals surface area contributed by atoms with Gasteiger partial charge in [-0.1, -0.05) is 36.4 Å². The zero-order valence-electron chi connectivity index (χ0n) is 21.6. The van der Waals surface area contributed by atoms with Gasteiger partial charge >= 0.3 is 0 Å². The number of pyridine rings is 1. The Morgan fingerprint density at radius 2 is 1.71 bits per heavy atom. The van der Waals surface area contributed by atoms with Crippen LogP contribution in [0.5, 0.6) is 5.75 Å². The third kappa shape index (κ3) is 5.59. The van der Waals surface area contributed by atoms with Crippen LogP contribution in [0.3, 0.4) is 0 Å². The molecule has 3 heterocycles. The van der Waals surface area contributed by atoms with Crippen molar-refractivity contribution in [3.63, 3.8) is 0 Å². The maximum atomic E-state index is 6.69. The summed E-state index contributed by atoms with van der Waals surface area (Å²) in [5, 5.41) is 0.389. The zero-order chi connectivity index (χ0) is 24.5. The molecule has 3 nitrogen and oxygen atoms in total. The number of benzene rings is 2. The molecule has 0 saturated carbocycles. The summed E-state index contributed by atoms with van der Waals surface area (Å²) in [6.07, 6.45) is 6.37. The number of nitrogens with zero attached hydrogens (tertiary/aromatic N) is 2. The monoisotopic (exact) mass is 486 g/mol. The molecule has 4 heteroatoms. The van der Waals surface area contributed by atoms with Crippen molar-refractivity contribution in [2.75, 3.05) is 13.1 Å². The van der Waals surface area contributed by atoms with E-state index in [9.17, 15) is 0 Å². The third-order valence-electron chi connectivity index (χ3n) is 7.75. The second-order valence-corrected chi connectivity index (χ2v) is 12.5. The number of ether oxygens (including phenoxy) is 1. The highest BCUT2D eigenvalue weighted by atomic mass is 32.2. The fraction of sp³-hybridized carbons (Fsp3) is 0.452. The van der Waals surface area contributed by atoms with E-state index in [-0.39, 0.29) is 11.1 Å². The lowest BCUT2D eigenvalue weighted by Crippen LogP contribution is -2.54.